The molecule has 2 aromatic heterocycles. The summed E-state index contributed by atoms with van der Waals surface area (Å²) in [6.07, 6.45) is 2.60. The fourth-order valence-corrected chi connectivity index (χ4v) is 2.37. The van der Waals surface area contributed by atoms with Crippen molar-refractivity contribution in [2.45, 2.75) is 6.92 Å². The van der Waals surface area contributed by atoms with Crippen LogP contribution >= 0.6 is 11.6 Å². The van der Waals surface area contributed by atoms with Gasteiger partial charge in [-0.15, -0.1) is 0 Å². The van der Waals surface area contributed by atoms with Gasteiger partial charge in [0.15, 0.2) is 5.75 Å². The van der Waals surface area contributed by atoms with Crippen LogP contribution in [0.2, 0.25) is 5.02 Å². The molecule has 0 saturated heterocycles. The number of pyridine rings is 1. The maximum atomic E-state index is 13.7. The smallest absolute Gasteiger partial charge is 0.152 e. The molecule has 0 spiro atoms. The van der Waals surface area contributed by atoms with Gasteiger partial charge in [0.05, 0.1) is 23.1 Å². The van der Waals surface area contributed by atoms with E-state index in [0.29, 0.717) is 22.6 Å². The van der Waals surface area contributed by atoms with Crippen molar-refractivity contribution < 1.29 is 9.50 Å². The number of rotatable bonds is 2. The first kappa shape index (κ1) is 15.2. The first-order chi connectivity index (χ1) is 10.9. The summed E-state index contributed by atoms with van der Waals surface area (Å²) in [5.41, 5.74) is 8.18. The monoisotopic (exact) mass is 330 g/mol. The standard InChI is InChI=1S/C16H12ClFN4O/c1-8-2-9(4-10(18)3-8)15-16(21-7-14(19)22-15)12-5-11(17)13(23)6-20-12/h2-7,23H,1H3,(H2,19,22). The molecule has 3 N–H and O–H groups in total. The van der Waals surface area contributed by atoms with Gasteiger partial charge in [0.25, 0.3) is 0 Å². The van der Waals surface area contributed by atoms with Crippen molar-refractivity contribution in [1.82, 2.24) is 15.0 Å². The maximum absolute atomic E-state index is 13.7. The van der Waals surface area contributed by atoms with E-state index in [2.05, 4.69) is 15.0 Å². The topological polar surface area (TPSA) is 84.9 Å². The second kappa shape index (κ2) is 5.81. The SMILES string of the molecule is Cc1cc(F)cc(-c2nc(N)cnc2-c2cc(Cl)c(O)cn2)c1. The van der Waals surface area contributed by atoms with Gasteiger partial charge in [-0.05, 0) is 36.8 Å². The highest BCUT2D eigenvalue weighted by Crippen LogP contribution is 2.32. The molecule has 23 heavy (non-hydrogen) atoms. The van der Waals surface area contributed by atoms with Crippen molar-refractivity contribution in [3.05, 3.63) is 53.1 Å². The molecule has 0 bridgehead atoms. The largest absolute Gasteiger partial charge is 0.505 e. The lowest BCUT2D eigenvalue weighted by Crippen LogP contribution is -2.00. The summed E-state index contributed by atoms with van der Waals surface area (Å²) in [6.45, 7) is 1.78. The third-order valence-electron chi connectivity index (χ3n) is 3.18. The highest BCUT2D eigenvalue weighted by atomic mass is 35.5. The van der Waals surface area contributed by atoms with Crippen molar-refractivity contribution in [2.24, 2.45) is 0 Å². The van der Waals surface area contributed by atoms with E-state index in [9.17, 15) is 9.50 Å². The zero-order chi connectivity index (χ0) is 16.6. The molecule has 2 heterocycles. The van der Waals surface area contributed by atoms with E-state index in [1.807, 2.05) is 0 Å². The first-order valence-electron chi connectivity index (χ1n) is 6.69. The average Bonchev–Trinajstić information content (AvgIpc) is 2.49. The molecule has 116 valence electrons. The molecule has 0 amide bonds. The molecule has 0 fully saturated rings. The van der Waals surface area contributed by atoms with Crippen LogP contribution in [0.5, 0.6) is 5.75 Å². The maximum Gasteiger partial charge on any atom is 0.152 e. The normalized spacial score (nSPS) is 10.7. The van der Waals surface area contributed by atoms with Gasteiger partial charge in [-0.2, -0.15) is 0 Å². The number of nitrogens with two attached hydrogens (primary N) is 1. The van der Waals surface area contributed by atoms with Gasteiger partial charge in [0, 0.05) is 5.56 Å². The average molecular weight is 331 g/mol. The minimum absolute atomic E-state index is 0.134. The highest BCUT2D eigenvalue weighted by molar-refractivity contribution is 6.32. The summed E-state index contributed by atoms with van der Waals surface area (Å²) in [7, 11) is 0. The summed E-state index contributed by atoms with van der Waals surface area (Å²) in [5.74, 6) is -0.315. The minimum Gasteiger partial charge on any atom is -0.505 e. The summed E-state index contributed by atoms with van der Waals surface area (Å²) in [6, 6.07) is 6.01. The van der Waals surface area contributed by atoms with Gasteiger partial charge in [-0.3, -0.25) is 4.98 Å². The molecule has 0 aliphatic rings. The van der Waals surface area contributed by atoms with E-state index in [4.69, 9.17) is 17.3 Å². The zero-order valence-electron chi connectivity index (χ0n) is 12.1. The molecule has 0 radical (unpaired) electrons. The van der Waals surface area contributed by atoms with Crippen LogP contribution < -0.4 is 5.73 Å². The van der Waals surface area contributed by atoms with Crippen molar-refractivity contribution in [3.63, 3.8) is 0 Å². The summed E-state index contributed by atoms with van der Waals surface area (Å²) < 4.78 is 13.7. The number of halogens is 2. The molecule has 0 saturated carbocycles. The number of nitrogen functional groups attached to an aromatic ring is 1. The number of benzene rings is 1. The second-order valence-electron chi connectivity index (χ2n) is 5.03. The number of hydrogen-bond acceptors (Lipinski definition) is 5. The molecule has 0 aliphatic carbocycles. The Morgan fingerprint density at radius 2 is 1.87 bits per heavy atom. The highest BCUT2D eigenvalue weighted by Gasteiger charge is 2.15. The van der Waals surface area contributed by atoms with Crippen LogP contribution in [-0.2, 0) is 0 Å². The molecule has 3 rings (SSSR count). The molecule has 0 unspecified atom stereocenters. The number of aryl methyl sites for hydroxylation is 1. The van der Waals surface area contributed by atoms with E-state index in [-0.39, 0.29) is 22.4 Å². The van der Waals surface area contributed by atoms with Crippen molar-refractivity contribution >= 4 is 17.4 Å². The number of hydrogen-bond donors (Lipinski definition) is 2. The fourth-order valence-electron chi connectivity index (χ4n) is 2.22. The Hall–Kier alpha value is -2.73. The predicted octanol–water partition coefficient (Wildman–Crippen LogP) is 3.59. The van der Waals surface area contributed by atoms with Crippen molar-refractivity contribution in [3.8, 4) is 28.4 Å². The lowest BCUT2D eigenvalue weighted by molar-refractivity contribution is 0.473. The third kappa shape index (κ3) is 3.07. The van der Waals surface area contributed by atoms with E-state index in [0.717, 1.165) is 5.56 Å². The Balaban J connectivity index is 2.24. The third-order valence-corrected chi connectivity index (χ3v) is 3.49. The minimum atomic E-state index is -0.383. The van der Waals surface area contributed by atoms with Gasteiger partial charge in [0.1, 0.15) is 23.0 Å². The van der Waals surface area contributed by atoms with Crippen LogP contribution in [0, 0.1) is 12.7 Å². The molecule has 0 aliphatic heterocycles. The summed E-state index contributed by atoms with van der Waals surface area (Å²) in [4.78, 5) is 12.6. The van der Waals surface area contributed by atoms with Crippen LogP contribution in [0.3, 0.4) is 0 Å². The molecule has 3 aromatic rings. The number of nitrogens with zero attached hydrogens (tertiary/aromatic N) is 3. The second-order valence-corrected chi connectivity index (χ2v) is 5.44. The number of aromatic nitrogens is 3. The van der Waals surface area contributed by atoms with E-state index >= 15 is 0 Å². The quantitative estimate of drug-likeness (QED) is 0.750. The Morgan fingerprint density at radius 1 is 1.09 bits per heavy atom. The summed E-state index contributed by atoms with van der Waals surface area (Å²) >= 11 is 5.92. The van der Waals surface area contributed by atoms with Crippen molar-refractivity contribution in [2.75, 3.05) is 5.73 Å². The van der Waals surface area contributed by atoms with E-state index in [1.54, 1.807) is 13.0 Å². The van der Waals surface area contributed by atoms with Crippen LogP contribution in [0.15, 0.2) is 36.7 Å². The summed E-state index contributed by atoms with van der Waals surface area (Å²) in [5, 5.41) is 9.63. The van der Waals surface area contributed by atoms with Crippen LogP contribution in [0.25, 0.3) is 22.6 Å². The predicted molar refractivity (Wildman–Crippen MR) is 86.5 cm³/mol. The van der Waals surface area contributed by atoms with Crippen LogP contribution in [0.1, 0.15) is 5.56 Å². The lowest BCUT2D eigenvalue weighted by atomic mass is 10.0. The van der Waals surface area contributed by atoms with E-state index < -0.39 is 0 Å². The van der Waals surface area contributed by atoms with Crippen LogP contribution in [-0.4, -0.2) is 20.1 Å². The number of aromatic hydroxyl groups is 1. The number of anilines is 1. The Bertz CT molecular complexity index is 881. The Kier molecular flexibility index (Phi) is 3.83. The molecule has 7 heteroatoms. The van der Waals surface area contributed by atoms with Gasteiger partial charge >= 0.3 is 0 Å². The van der Waals surface area contributed by atoms with Gasteiger partial charge in [-0.1, -0.05) is 11.6 Å². The van der Waals surface area contributed by atoms with Crippen LogP contribution in [0.4, 0.5) is 10.2 Å². The Labute approximate surface area is 136 Å². The van der Waals surface area contributed by atoms with Gasteiger partial charge in [0.2, 0.25) is 0 Å². The molecule has 5 nitrogen and oxygen atoms in total. The van der Waals surface area contributed by atoms with Gasteiger partial charge in [-0.25, -0.2) is 14.4 Å². The van der Waals surface area contributed by atoms with E-state index in [1.165, 1.54) is 30.6 Å². The molecule has 0 atom stereocenters. The first-order valence-corrected chi connectivity index (χ1v) is 7.07. The van der Waals surface area contributed by atoms with Gasteiger partial charge < -0.3 is 10.8 Å². The lowest BCUT2D eigenvalue weighted by Gasteiger charge is -2.10. The molecular formula is C16H12ClFN4O. The molecular weight excluding hydrogens is 319 g/mol. The molecule has 1 aromatic carbocycles. The fraction of sp³-hybridized carbons (Fsp3) is 0.0625. The van der Waals surface area contributed by atoms with Crippen molar-refractivity contribution in [1.29, 1.82) is 0 Å². The Morgan fingerprint density at radius 3 is 2.57 bits per heavy atom. The zero-order valence-corrected chi connectivity index (χ0v) is 12.8.